The maximum absolute atomic E-state index is 11.7. The minimum absolute atomic E-state index is 0.0899. The minimum Gasteiger partial charge on any atom is -0.382 e. The fourth-order valence-corrected chi connectivity index (χ4v) is 4.00. The zero-order chi connectivity index (χ0) is 12.7. The highest BCUT2D eigenvalue weighted by Gasteiger charge is 2.39. The van der Waals surface area contributed by atoms with E-state index in [1.54, 1.807) is 13.2 Å². The molecule has 2 aliphatic carbocycles. The second kappa shape index (κ2) is 4.68. The van der Waals surface area contributed by atoms with Crippen LogP contribution in [0.4, 0.5) is 5.69 Å². The van der Waals surface area contributed by atoms with Gasteiger partial charge in [0.05, 0.1) is 11.9 Å². The van der Waals surface area contributed by atoms with E-state index in [0.717, 1.165) is 30.0 Å². The van der Waals surface area contributed by atoms with E-state index in [2.05, 4.69) is 26.3 Å². The van der Waals surface area contributed by atoms with E-state index in [4.69, 9.17) is 0 Å². The van der Waals surface area contributed by atoms with E-state index in [9.17, 15) is 4.79 Å². The Hall–Kier alpha value is -0.840. The predicted octanol–water partition coefficient (Wildman–Crippen LogP) is 2.39. The van der Waals surface area contributed by atoms with E-state index >= 15 is 0 Å². The van der Waals surface area contributed by atoms with Gasteiger partial charge in [-0.05, 0) is 52.9 Å². The molecule has 5 heteroatoms. The fraction of sp³-hybridized carbons (Fsp3) is 0.692. The summed E-state index contributed by atoms with van der Waals surface area (Å²) >= 11 is 3.35. The van der Waals surface area contributed by atoms with Gasteiger partial charge in [-0.25, -0.2) is 4.68 Å². The largest absolute Gasteiger partial charge is 0.382 e. The fourth-order valence-electron chi connectivity index (χ4n) is 3.50. The lowest BCUT2D eigenvalue weighted by atomic mass is 9.89. The SMILES string of the molecule is Cn1ncc(NCC2CC3CCC2C3)c(Br)c1=O. The second-order valence-corrected chi connectivity index (χ2v) is 6.41. The quantitative estimate of drug-likeness (QED) is 0.932. The molecule has 1 N–H and O–H groups in total. The Balaban J connectivity index is 1.67. The molecule has 0 radical (unpaired) electrons. The van der Waals surface area contributed by atoms with E-state index in [-0.39, 0.29) is 5.56 Å². The predicted molar refractivity (Wildman–Crippen MR) is 74.6 cm³/mol. The van der Waals surface area contributed by atoms with Gasteiger partial charge in [-0.1, -0.05) is 6.42 Å². The lowest BCUT2D eigenvalue weighted by molar-refractivity contribution is 0.348. The highest BCUT2D eigenvalue weighted by Crippen LogP contribution is 2.48. The molecule has 3 atom stereocenters. The lowest BCUT2D eigenvalue weighted by Gasteiger charge is -2.22. The van der Waals surface area contributed by atoms with Gasteiger partial charge in [-0.15, -0.1) is 0 Å². The first kappa shape index (κ1) is 12.2. The molecule has 1 aromatic heterocycles. The number of aryl methyl sites for hydroxylation is 1. The Labute approximate surface area is 115 Å². The molecular formula is C13H18BrN3O. The first-order valence-electron chi connectivity index (χ1n) is 6.61. The normalized spacial score (nSPS) is 29.8. The first-order chi connectivity index (χ1) is 8.65. The number of fused-ring (bicyclic) bond motifs is 2. The number of hydrogen-bond donors (Lipinski definition) is 1. The van der Waals surface area contributed by atoms with Gasteiger partial charge in [0.25, 0.3) is 5.56 Å². The summed E-state index contributed by atoms with van der Waals surface area (Å²) in [6.45, 7) is 0.967. The van der Waals surface area contributed by atoms with Crippen molar-refractivity contribution < 1.29 is 0 Å². The number of anilines is 1. The highest BCUT2D eigenvalue weighted by atomic mass is 79.9. The van der Waals surface area contributed by atoms with E-state index in [1.807, 2.05) is 0 Å². The Morgan fingerprint density at radius 1 is 1.50 bits per heavy atom. The molecular weight excluding hydrogens is 294 g/mol. The van der Waals surface area contributed by atoms with Gasteiger partial charge in [0, 0.05) is 13.6 Å². The minimum atomic E-state index is -0.0899. The summed E-state index contributed by atoms with van der Waals surface area (Å²) in [5.74, 6) is 2.65. The van der Waals surface area contributed by atoms with Crippen molar-refractivity contribution in [2.24, 2.45) is 24.8 Å². The Morgan fingerprint density at radius 2 is 2.33 bits per heavy atom. The van der Waals surface area contributed by atoms with E-state index in [1.165, 1.54) is 30.4 Å². The molecule has 0 aliphatic heterocycles. The number of nitrogens with one attached hydrogen (secondary N) is 1. The van der Waals surface area contributed by atoms with Crippen molar-refractivity contribution in [3.05, 3.63) is 21.0 Å². The van der Waals surface area contributed by atoms with Crippen LogP contribution in [0.25, 0.3) is 0 Å². The van der Waals surface area contributed by atoms with Crippen molar-refractivity contribution in [3.63, 3.8) is 0 Å². The number of aromatic nitrogens is 2. The van der Waals surface area contributed by atoms with Crippen LogP contribution in [-0.2, 0) is 7.05 Å². The van der Waals surface area contributed by atoms with Gasteiger partial charge in [-0.3, -0.25) is 4.79 Å². The maximum atomic E-state index is 11.7. The Bertz CT molecular complexity index is 513. The number of nitrogens with zero attached hydrogens (tertiary/aromatic N) is 2. The van der Waals surface area contributed by atoms with Crippen molar-refractivity contribution in [2.45, 2.75) is 25.7 Å². The van der Waals surface area contributed by atoms with Crippen LogP contribution < -0.4 is 10.9 Å². The first-order valence-corrected chi connectivity index (χ1v) is 7.40. The summed E-state index contributed by atoms with van der Waals surface area (Å²) in [6, 6.07) is 0. The van der Waals surface area contributed by atoms with Gasteiger partial charge in [-0.2, -0.15) is 5.10 Å². The lowest BCUT2D eigenvalue weighted by Crippen LogP contribution is -2.24. The van der Waals surface area contributed by atoms with Crippen LogP contribution in [0.3, 0.4) is 0 Å². The molecule has 2 bridgehead atoms. The van der Waals surface area contributed by atoms with Gasteiger partial charge >= 0.3 is 0 Å². The van der Waals surface area contributed by atoms with Crippen LogP contribution in [0.2, 0.25) is 0 Å². The molecule has 4 nitrogen and oxygen atoms in total. The van der Waals surface area contributed by atoms with Gasteiger partial charge in [0.15, 0.2) is 0 Å². The molecule has 1 aromatic rings. The summed E-state index contributed by atoms with van der Waals surface area (Å²) in [6.07, 6.45) is 7.32. The summed E-state index contributed by atoms with van der Waals surface area (Å²) in [7, 11) is 1.66. The molecule has 0 saturated heterocycles. The van der Waals surface area contributed by atoms with Crippen molar-refractivity contribution in [1.82, 2.24) is 9.78 Å². The van der Waals surface area contributed by atoms with Crippen LogP contribution in [0.15, 0.2) is 15.5 Å². The van der Waals surface area contributed by atoms with E-state index < -0.39 is 0 Å². The molecule has 1 heterocycles. The summed E-state index contributed by atoms with van der Waals surface area (Å²) in [4.78, 5) is 11.7. The highest BCUT2D eigenvalue weighted by molar-refractivity contribution is 9.10. The molecule has 2 saturated carbocycles. The Kier molecular flexibility index (Phi) is 3.18. The molecule has 0 aromatic carbocycles. The summed E-state index contributed by atoms with van der Waals surface area (Å²) < 4.78 is 1.93. The van der Waals surface area contributed by atoms with Gasteiger partial charge < -0.3 is 5.32 Å². The molecule has 18 heavy (non-hydrogen) atoms. The third-order valence-corrected chi connectivity index (χ3v) is 5.28. The molecule has 0 amide bonds. The number of halogens is 1. The summed E-state index contributed by atoms with van der Waals surface area (Å²) in [5, 5.41) is 7.43. The molecule has 2 fully saturated rings. The third kappa shape index (κ3) is 2.09. The second-order valence-electron chi connectivity index (χ2n) is 5.62. The van der Waals surface area contributed by atoms with Gasteiger partial charge in [0.2, 0.25) is 0 Å². The van der Waals surface area contributed by atoms with Crippen LogP contribution in [0.1, 0.15) is 25.7 Å². The molecule has 2 aliphatic rings. The molecule has 3 unspecified atom stereocenters. The number of rotatable bonds is 3. The van der Waals surface area contributed by atoms with Crippen LogP contribution >= 0.6 is 15.9 Å². The van der Waals surface area contributed by atoms with Crippen LogP contribution in [0, 0.1) is 17.8 Å². The van der Waals surface area contributed by atoms with Crippen molar-refractivity contribution in [2.75, 3.05) is 11.9 Å². The topological polar surface area (TPSA) is 46.9 Å². The molecule has 3 rings (SSSR count). The Morgan fingerprint density at radius 3 is 3.00 bits per heavy atom. The van der Waals surface area contributed by atoms with Crippen molar-refractivity contribution in [1.29, 1.82) is 0 Å². The van der Waals surface area contributed by atoms with Crippen LogP contribution in [-0.4, -0.2) is 16.3 Å². The molecule has 0 spiro atoms. The zero-order valence-corrected chi connectivity index (χ0v) is 12.1. The van der Waals surface area contributed by atoms with Crippen molar-refractivity contribution in [3.8, 4) is 0 Å². The van der Waals surface area contributed by atoms with Crippen LogP contribution in [0.5, 0.6) is 0 Å². The maximum Gasteiger partial charge on any atom is 0.282 e. The average Bonchev–Trinajstić information content (AvgIpc) is 2.97. The molecule has 98 valence electrons. The van der Waals surface area contributed by atoms with Gasteiger partial charge in [0.1, 0.15) is 4.47 Å². The summed E-state index contributed by atoms with van der Waals surface area (Å²) in [5.41, 5.74) is 0.730. The standard InChI is InChI=1S/C13H18BrN3O/c1-17-13(18)12(14)11(7-16-17)15-6-10-5-8-2-3-9(10)4-8/h7-10,15H,2-6H2,1H3. The smallest absolute Gasteiger partial charge is 0.282 e. The van der Waals surface area contributed by atoms with Crippen molar-refractivity contribution >= 4 is 21.6 Å². The van der Waals surface area contributed by atoms with E-state index in [0.29, 0.717) is 4.47 Å². The third-order valence-electron chi connectivity index (χ3n) is 4.52. The zero-order valence-electron chi connectivity index (χ0n) is 10.5. The average molecular weight is 312 g/mol. The monoisotopic (exact) mass is 311 g/mol. The number of hydrogen-bond acceptors (Lipinski definition) is 3.